The summed E-state index contributed by atoms with van der Waals surface area (Å²) in [5, 5.41) is 9.59. The third kappa shape index (κ3) is 4.04. The van der Waals surface area contributed by atoms with Gasteiger partial charge in [-0.25, -0.2) is 0 Å². The Morgan fingerprint density at radius 1 is 1.00 bits per heavy atom. The Balaban J connectivity index is 2.07. The number of methoxy groups -OCH3 is 2. The second-order valence-corrected chi connectivity index (χ2v) is 5.32. The standard InChI is InChI=1S/C16H17BrO4/c1-19-14-9-13(18)10-15(20-2)16(14)21-8-7-11-3-5-12(17)6-4-11/h3-6,9-10,18H,7-8H2,1-2H3. The van der Waals surface area contributed by atoms with Gasteiger partial charge in [-0.05, 0) is 17.7 Å². The maximum atomic E-state index is 9.59. The van der Waals surface area contributed by atoms with Crippen LogP contribution in [0.2, 0.25) is 0 Å². The van der Waals surface area contributed by atoms with E-state index in [0.29, 0.717) is 23.9 Å². The Morgan fingerprint density at radius 2 is 1.57 bits per heavy atom. The fourth-order valence-electron chi connectivity index (χ4n) is 1.93. The Morgan fingerprint density at radius 3 is 2.10 bits per heavy atom. The SMILES string of the molecule is COc1cc(O)cc(OC)c1OCCc1ccc(Br)cc1. The molecule has 0 radical (unpaired) electrons. The van der Waals surface area contributed by atoms with Crippen LogP contribution in [0.3, 0.4) is 0 Å². The molecule has 5 heteroatoms. The molecule has 2 aromatic rings. The molecular weight excluding hydrogens is 336 g/mol. The van der Waals surface area contributed by atoms with Crippen molar-refractivity contribution in [2.24, 2.45) is 0 Å². The van der Waals surface area contributed by atoms with E-state index in [1.165, 1.54) is 31.9 Å². The van der Waals surface area contributed by atoms with E-state index in [-0.39, 0.29) is 5.75 Å². The predicted octanol–water partition coefficient (Wildman–Crippen LogP) is 3.79. The quantitative estimate of drug-likeness (QED) is 0.858. The number of rotatable bonds is 6. The lowest BCUT2D eigenvalue weighted by atomic mass is 10.2. The van der Waals surface area contributed by atoms with Gasteiger partial charge in [-0.1, -0.05) is 28.1 Å². The van der Waals surface area contributed by atoms with Crippen molar-refractivity contribution in [3.05, 3.63) is 46.4 Å². The Kier molecular flexibility index (Phi) is 5.33. The third-order valence-electron chi connectivity index (χ3n) is 3.00. The monoisotopic (exact) mass is 352 g/mol. The highest BCUT2D eigenvalue weighted by Crippen LogP contribution is 2.40. The van der Waals surface area contributed by atoms with Crippen molar-refractivity contribution in [1.29, 1.82) is 0 Å². The Labute approximate surface area is 132 Å². The molecular formula is C16H17BrO4. The number of ether oxygens (including phenoxy) is 3. The topological polar surface area (TPSA) is 47.9 Å². The zero-order valence-electron chi connectivity index (χ0n) is 11.9. The van der Waals surface area contributed by atoms with E-state index in [0.717, 1.165) is 10.9 Å². The largest absolute Gasteiger partial charge is 0.508 e. The summed E-state index contributed by atoms with van der Waals surface area (Å²) in [7, 11) is 3.05. The summed E-state index contributed by atoms with van der Waals surface area (Å²) in [5.74, 6) is 1.46. The summed E-state index contributed by atoms with van der Waals surface area (Å²) in [4.78, 5) is 0. The molecule has 0 atom stereocenters. The lowest BCUT2D eigenvalue weighted by Crippen LogP contribution is -2.04. The van der Waals surface area contributed by atoms with Crippen molar-refractivity contribution in [3.8, 4) is 23.0 Å². The number of phenols is 1. The molecule has 0 amide bonds. The van der Waals surface area contributed by atoms with Gasteiger partial charge in [-0.15, -0.1) is 0 Å². The van der Waals surface area contributed by atoms with Gasteiger partial charge in [0.15, 0.2) is 11.5 Å². The summed E-state index contributed by atoms with van der Waals surface area (Å²) in [6, 6.07) is 11.1. The lowest BCUT2D eigenvalue weighted by Gasteiger charge is -2.14. The molecule has 2 aromatic carbocycles. The van der Waals surface area contributed by atoms with Gasteiger partial charge in [-0.2, -0.15) is 0 Å². The third-order valence-corrected chi connectivity index (χ3v) is 3.52. The highest BCUT2D eigenvalue weighted by atomic mass is 79.9. The Hall–Kier alpha value is -1.88. The minimum Gasteiger partial charge on any atom is -0.508 e. The van der Waals surface area contributed by atoms with E-state index < -0.39 is 0 Å². The summed E-state index contributed by atoms with van der Waals surface area (Å²) in [5.41, 5.74) is 1.18. The van der Waals surface area contributed by atoms with E-state index in [1.807, 2.05) is 24.3 Å². The van der Waals surface area contributed by atoms with Crippen molar-refractivity contribution in [2.45, 2.75) is 6.42 Å². The molecule has 0 aliphatic heterocycles. The molecule has 0 aromatic heterocycles. The van der Waals surface area contributed by atoms with Crippen LogP contribution in [0.5, 0.6) is 23.0 Å². The van der Waals surface area contributed by atoms with E-state index in [9.17, 15) is 5.11 Å². The van der Waals surface area contributed by atoms with E-state index in [1.54, 1.807) is 0 Å². The fraction of sp³-hybridized carbons (Fsp3) is 0.250. The number of phenolic OH excluding ortho intramolecular Hbond substituents is 1. The molecule has 0 saturated carbocycles. The summed E-state index contributed by atoms with van der Waals surface area (Å²) >= 11 is 3.41. The minimum atomic E-state index is 0.0731. The molecule has 2 rings (SSSR count). The molecule has 0 aliphatic rings. The molecule has 0 spiro atoms. The van der Waals surface area contributed by atoms with Gasteiger partial charge < -0.3 is 19.3 Å². The van der Waals surface area contributed by atoms with Crippen molar-refractivity contribution in [3.63, 3.8) is 0 Å². The van der Waals surface area contributed by atoms with Gasteiger partial charge in [0.2, 0.25) is 5.75 Å². The second-order valence-electron chi connectivity index (χ2n) is 4.40. The van der Waals surface area contributed by atoms with Gasteiger partial charge in [0, 0.05) is 23.0 Å². The number of hydrogen-bond acceptors (Lipinski definition) is 4. The van der Waals surface area contributed by atoms with Crippen LogP contribution in [0.1, 0.15) is 5.56 Å². The molecule has 0 heterocycles. The van der Waals surface area contributed by atoms with Gasteiger partial charge in [0.1, 0.15) is 5.75 Å². The van der Waals surface area contributed by atoms with E-state index in [4.69, 9.17) is 14.2 Å². The number of hydrogen-bond donors (Lipinski definition) is 1. The first-order valence-electron chi connectivity index (χ1n) is 6.46. The van der Waals surface area contributed by atoms with Gasteiger partial charge in [0.25, 0.3) is 0 Å². The maximum absolute atomic E-state index is 9.59. The molecule has 0 unspecified atom stereocenters. The van der Waals surface area contributed by atoms with E-state index >= 15 is 0 Å². The van der Waals surface area contributed by atoms with Crippen LogP contribution in [-0.4, -0.2) is 25.9 Å². The van der Waals surface area contributed by atoms with Crippen molar-refractivity contribution < 1.29 is 19.3 Å². The van der Waals surface area contributed by atoms with Crippen LogP contribution >= 0.6 is 15.9 Å². The molecule has 0 saturated heterocycles. The normalized spacial score (nSPS) is 10.2. The molecule has 112 valence electrons. The average Bonchev–Trinajstić information content (AvgIpc) is 2.49. The first-order chi connectivity index (χ1) is 10.1. The number of benzene rings is 2. The molecule has 0 aliphatic carbocycles. The van der Waals surface area contributed by atoms with Crippen molar-refractivity contribution in [2.75, 3.05) is 20.8 Å². The van der Waals surface area contributed by atoms with Crippen LogP contribution in [0.4, 0.5) is 0 Å². The predicted molar refractivity (Wildman–Crippen MR) is 84.6 cm³/mol. The molecule has 0 fully saturated rings. The molecule has 4 nitrogen and oxygen atoms in total. The summed E-state index contributed by atoms with van der Waals surface area (Å²) in [6.45, 7) is 0.485. The van der Waals surface area contributed by atoms with Gasteiger partial charge in [-0.3, -0.25) is 0 Å². The van der Waals surface area contributed by atoms with Crippen molar-refractivity contribution in [1.82, 2.24) is 0 Å². The zero-order valence-corrected chi connectivity index (χ0v) is 13.5. The number of aromatic hydroxyl groups is 1. The maximum Gasteiger partial charge on any atom is 0.203 e. The zero-order chi connectivity index (χ0) is 15.2. The summed E-state index contributed by atoms with van der Waals surface area (Å²) in [6.07, 6.45) is 0.764. The van der Waals surface area contributed by atoms with Crippen LogP contribution in [0.15, 0.2) is 40.9 Å². The van der Waals surface area contributed by atoms with Crippen LogP contribution in [0, 0.1) is 0 Å². The minimum absolute atomic E-state index is 0.0731. The first-order valence-corrected chi connectivity index (χ1v) is 7.25. The average molecular weight is 353 g/mol. The van der Waals surface area contributed by atoms with E-state index in [2.05, 4.69) is 15.9 Å². The molecule has 21 heavy (non-hydrogen) atoms. The summed E-state index contributed by atoms with van der Waals surface area (Å²) < 4.78 is 17.2. The molecule has 0 bridgehead atoms. The van der Waals surface area contributed by atoms with Crippen LogP contribution in [0.25, 0.3) is 0 Å². The van der Waals surface area contributed by atoms with Crippen molar-refractivity contribution >= 4 is 15.9 Å². The smallest absolute Gasteiger partial charge is 0.203 e. The van der Waals surface area contributed by atoms with Crippen LogP contribution < -0.4 is 14.2 Å². The Bertz CT molecular complexity index is 571. The van der Waals surface area contributed by atoms with Crippen LogP contribution in [-0.2, 0) is 6.42 Å². The van der Waals surface area contributed by atoms with Gasteiger partial charge >= 0.3 is 0 Å². The second kappa shape index (κ2) is 7.22. The first kappa shape index (κ1) is 15.5. The lowest BCUT2D eigenvalue weighted by molar-refractivity contribution is 0.275. The van der Waals surface area contributed by atoms with Gasteiger partial charge in [0.05, 0.1) is 20.8 Å². The number of halogens is 1. The highest BCUT2D eigenvalue weighted by Gasteiger charge is 2.13. The highest BCUT2D eigenvalue weighted by molar-refractivity contribution is 9.10. The fourth-order valence-corrected chi connectivity index (χ4v) is 2.19. The molecule has 1 N–H and O–H groups in total.